The molecule has 0 N–H and O–H groups in total. The zero-order valence-corrected chi connectivity index (χ0v) is 14.3. The van der Waals surface area contributed by atoms with Gasteiger partial charge in [-0.05, 0) is 58.7 Å². The molecule has 0 aromatic heterocycles. The zero-order valence-electron chi connectivity index (χ0n) is 14.3. The van der Waals surface area contributed by atoms with Gasteiger partial charge in [-0.3, -0.25) is 0 Å². The number of allylic oxidation sites excluding steroid dienone is 1. The molecule has 0 bridgehead atoms. The van der Waals surface area contributed by atoms with Gasteiger partial charge < -0.3 is 0 Å². The first-order chi connectivity index (χ1) is 11.8. The number of hydrogen-bond donors (Lipinski definition) is 0. The third-order valence-corrected chi connectivity index (χ3v) is 5.06. The monoisotopic (exact) mass is 310 g/mol. The SMILES string of the molecule is CCC1=Cc2c(ccc(-c3ccccc3)c2-c2ccccc2C)C1. The van der Waals surface area contributed by atoms with E-state index in [9.17, 15) is 0 Å². The van der Waals surface area contributed by atoms with Crippen LogP contribution in [0.5, 0.6) is 0 Å². The highest BCUT2D eigenvalue weighted by molar-refractivity contribution is 5.93. The van der Waals surface area contributed by atoms with Crippen LogP contribution in [0.2, 0.25) is 0 Å². The van der Waals surface area contributed by atoms with Crippen LogP contribution in [0.4, 0.5) is 0 Å². The van der Waals surface area contributed by atoms with Crippen molar-refractivity contribution in [2.24, 2.45) is 0 Å². The lowest BCUT2D eigenvalue weighted by molar-refractivity contribution is 1.04. The zero-order chi connectivity index (χ0) is 16.5. The van der Waals surface area contributed by atoms with Gasteiger partial charge in [0.25, 0.3) is 0 Å². The van der Waals surface area contributed by atoms with Crippen LogP contribution in [0, 0.1) is 6.92 Å². The Morgan fingerprint density at radius 3 is 2.29 bits per heavy atom. The Kier molecular flexibility index (Phi) is 3.82. The van der Waals surface area contributed by atoms with E-state index in [2.05, 4.69) is 86.7 Å². The molecular formula is C24H22. The molecule has 0 saturated carbocycles. The number of hydrogen-bond acceptors (Lipinski definition) is 0. The van der Waals surface area contributed by atoms with E-state index < -0.39 is 0 Å². The van der Waals surface area contributed by atoms with Crippen LogP contribution in [0.1, 0.15) is 30.0 Å². The molecule has 0 nitrogen and oxygen atoms in total. The number of aryl methyl sites for hydroxylation is 1. The Morgan fingerprint density at radius 1 is 0.792 bits per heavy atom. The predicted octanol–water partition coefficient (Wildman–Crippen LogP) is 6.68. The van der Waals surface area contributed by atoms with Crippen LogP contribution in [0.3, 0.4) is 0 Å². The molecular weight excluding hydrogens is 288 g/mol. The summed E-state index contributed by atoms with van der Waals surface area (Å²) >= 11 is 0. The molecule has 24 heavy (non-hydrogen) atoms. The van der Waals surface area contributed by atoms with Crippen LogP contribution < -0.4 is 0 Å². The molecule has 0 radical (unpaired) electrons. The quantitative estimate of drug-likeness (QED) is 0.506. The van der Waals surface area contributed by atoms with E-state index >= 15 is 0 Å². The maximum atomic E-state index is 2.42. The minimum atomic E-state index is 1.10. The number of fused-ring (bicyclic) bond motifs is 1. The lowest BCUT2D eigenvalue weighted by Crippen LogP contribution is -1.94. The molecule has 0 amide bonds. The van der Waals surface area contributed by atoms with Gasteiger partial charge in [0, 0.05) is 0 Å². The van der Waals surface area contributed by atoms with Gasteiger partial charge in [0.2, 0.25) is 0 Å². The second-order valence-electron chi connectivity index (χ2n) is 6.57. The first kappa shape index (κ1) is 15.0. The normalized spacial score (nSPS) is 12.8. The van der Waals surface area contributed by atoms with Crippen molar-refractivity contribution in [3.8, 4) is 22.3 Å². The fraction of sp³-hybridized carbons (Fsp3) is 0.167. The maximum absolute atomic E-state index is 2.42. The van der Waals surface area contributed by atoms with Crippen LogP contribution in [0.25, 0.3) is 28.3 Å². The summed E-state index contributed by atoms with van der Waals surface area (Å²) < 4.78 is 0. The molecule has 0 heterocycles. The van der Waals surface area contributed by atoms with E-state index in [4.69, 9.17) is 0 Å². The summed E-state index contributed by atoms with van der Waals surface area (Å²) in [5.41, 5.74) is 11.1. The highest BCUT2D eigenvalue weighted by Crippen LogP contribution is 2.42. The lowest BCUT2D eigenvalue weighted by Gasteiger charge is -2.17. The molecule has 1 aliphatic rings. The Balaban J connectivity index is 2.03. The van der Waals surface area contributed by atoms with Crippen LogP contribution >= 0.6 is 0 Å². The Labute approximate surface area is 144 Å². The van der Waals surface area contributed by atoms with Crippen molar-refractivity contribution in [3.05, 3.63) is 89.0 Å². The summed E-state index contributed by atoms with van der Waals surface area (Å²) in [7, 11) is 0. The molecule has 1 aliphatic carbocycles. The molecule has 4 rings (SSSR count). The molecule has 0 unspecified atom stereocenters. The summed E-state index contributed by atoms with van der Waals surface area (Å²) in [6.07, 6.45) is 4.64. The summed E-state index contributed by atoms with van der Waals surface area (Å²) in [5.74, 6) is 0. The van der Waals surface area contributed by atoms with Crippen LogP contribution in [0.15, 0.2) is 72.3 Å². The van der Waals surface area contributed by atoms with Gasteiger partial charge in [-0.2, -0.15) is 0 Å². The Hall–Kier alpha value is -2.60. The van der Waals surface area contributed by atoms with Gasteiger partial charge in [0.1, 0.15) is 0 Å². The van der Waals surface area contributed by atoms with Crippen molar-refractivity contribution in [1.82, 2.24) is 0 Å². The molecule has 3 aromatic rings. The fourth-order valence-electron chi connectivity index (χ4n) is 3.71. The Morgan fingerprint density at radius 2 is 1.54 bits per heavy atom. The van der Waals surface area contributed by atoms with Crippen molar-refractivity contribution in [2.75, 3.05) is 0 Å². The Bertz CT molecular complexity index is 914. The highest BCUT2D eigenvalue weighted by Gasteiger charge is 2.20. The molecule has 118 valence electrons. The summed E-state index contributed by atoms with van der Waals surface area (Å²) in [6.45, 7) is 4.46. The second-order valence-corrected chi connectivity index (χ2v) is 6.57. The molecule has 0 heteroatoms. The van der Waals surface area contributed by atoms with Crippen molar-refractivity contribution < 1.29 is 0 Å². The van der Waals surface area contributed by atoms with Gasteiger partial charge >= 0.3 is 0 Å². The van der Waals surface area contributed by atoms with Crippen molar-refractivity contribution in [2.45, 2.75) is 26.7 Å². The first-order valence-corrected chi connectivity index (χ1v) is 8.74. The van der Waals surface area contributed by atoms with Crippen LogP contribution in [-0.4, -0.2) is 0 Å². The van der Waals surface area contributed by atoms with Gasteiger partial charge in [-0.1, -0.05) is 85.3 Å². The topological polar surface area (TPSA) is 0 Å². The summed E-state index contributed by atoms with van der Waals surface area (Å²) in [5, 5.41) is 0. The average molecular weight is 310 g/mol. The second kappa shape index (κ2) is 6.13. The number of benzene rings is 3. The minimum Gasteiger partial charge on any atom is -0.0655 e. The highest BCUT2D eigenvalue weighted by atomic mass is 14.2. The first-order valence-electron chi connectivity index (χ1n) is 8.74. The average Bonchev–Trinajstić information content (AvgIpc) is 3.06. The minimum absolute atomic E-state index is 1.10. The van der Waals surface area contributed by atoms with E-state index in [0.717, 1.165) is 12.8 Å². The third kappa shape index (κ3) is 2.49. The standard InChI is InChI=1S/C24H22/c1-3-18-15-20-13-14-22(19-10-5-4-6-11-19)24(23(20)16-18)21-12-8-7-9-17(21)2/h4-14,16H,3,15H2,1-2H3. The smallest absolute Gasteiger partial charge is 0.00273 e. The largest absolute Gasteiger partial charge is 0.0655 e. The van der Waals surface area contributed by atoms with Gasteiger partial charge in [-0.15, -0.1) is 0 Å². The van der Waals surface area contributed by atoms with Gasteiger partial charge in [-0.25, -0.2) is 0 Å². The van der Waals surface area contributed by atoms with Gasteiger partial charge in [0.05, 0.1) is 0 Å². The molecule has 0 spiro atoms. The summed E-state index contributed by atoms with van der Waals surface area (Å²) in [4.78, 5) is 0. The maximum Gasteiger partial charge on any atom is -0.00273 e. The fourth-order valence-corrected chi connectivity index (χ4v) is 3.71. The number of rotatable bonds is 3. The molecule has 3 aromatic carbocycles. The van der Waals surface area contributed by atoms with E-state index in [1.165, 1.54) is 44.5 Å². The van der Waals surface area contributed by atoms with E-state index in [0.29, 0.717) is 0 Å². The van der Waals surface area contributed by atoms with Crippen LogP contribution in [-0.2, 0) is 6.42 Å². The van der Waals surface area contributed by atoms with E-state index in [1.54, 1.807) is 0 Å². The van der Waals surface area contributed by atoms with E-state index in [1.807, 2.05) is 0 Å². The third-order valence-electron chi connectivity index (χ3n) is 5.06. The molecule has 0 saturated heterocycles. The molecule has 0 atom stereocenters. The lowest BCUT2D eigenvalue weighted by atomic mass is 9.87. The van der Waals surface area contributed by atoms with Gasteiger partial charge in [0.15, 0.2) is 0 Å². The van der Waals surface area contributed by atoms with Crippen molar-refractivity contribution in [3.63, 3.8) is 0 Å². The molecule has 0 aliphatic heterocycles. The predicted molar refractivity (Wildman–Crippen MR) is 104 cm³/mol. The van der Waals surface area contributed by atoms with Crippen molar-refractivity contribution >= 4 is 6.08 Å². The van der Waals surface area contributed by atoms with Crippen molar-refractivity contribution in [1.29, 1.82) is 0 Å². The van der Waals surface area contributed by atoms with E-state index in [-0.39, 0.29) is 0 Å². The summed E-state index contributed by atoms with van der Waals surface area (Å²) in [6, 6.07) is 24.1. The molecule has 0 fully saturated rings.